The molecule has 148 valence electrons. The molecular weight excluding hydrogens is 364 g/mol. The van der Waals surface area contributed by atoms with Crippen LogP contribution < -0.4 is 0 Å². The summed E-state index contributed by atoms with van der Waals surface area (Å²) in [7, 11) is 1.51. The van der Waals surface area contributed by atoms with Gasteiger partial charge < -0.3 is 19.0 Å². The Hall–Kier alpha value is -2.25. The van der Waals surface area contributed by atoms with Gasteiger partial charge in [0.1, 0.15) is 23.7 Å². The minimum atomic E-state index is -0.987. The number of ketones is 2. The first-order valence-electron chi connectivity index (χ1n) is 9.57. The van der Waals surface area contributed by atoms with Crippen LogP contribution in [0.4, 0.5) is 0 Å². The molecule has 1 aromatic heterocycles. The van der Waals surface area contributed by atoms with Gasteiger partial charge in [-0.1, -0.05) is 6.92 Å². The van der Waals surface area contributed by atoms with Crippen molar-refractivity contribution in [2.75, 3.05) is 13.7 Å². The molecule has 0 spiro atoms. The predicted octanol–water partition coefficient (Wildman–Crippen LogP) is 1.97. The Labute approximate surface area is 161 Å². The fourth-order valence-electron chi connectivity index (χ4n) is 6.02. The number of hydrogen-bond acceptors (Lipinski definition) is 7. The van der Waals surface area contributed by atoms with E-state index in [4.69, 9.17) is 13.9 Å². The second-order valence-corrected chi connectivity index (χ2v) is 8.71. The van der Waals surface area contributed by atoms with E-state index in [2.05, 4.69) is 0 Å². The van der Waals surface area contributed by atoms with Gasteiger partial charge in [-0.2, -0.15) is 0 Å². The Bertz CT molecular complexity index is 969. The minimum Gasteiger partial charge on any atom is -0.460 e. The first kappa shape index (κ1) is 17.8. The summed E-state index contributed by atoms with van der Waals surface area (Å²) < 4.78 is 16.5. The third-order valence-corrected chi connectivity index (χ3v) is 7.41. The molecule has 5 rings (SSSR count). The average Bonchev–Trinajstić information content (AvgIpc) is 3.21. The fourth-order valence-corrected chi connectivity index (χ4v) is 6.02. The molecular formula is C21H22O7. The van der Waals surface area contributed by atoms with Crippen molar-refractivity contribution in [1.82, 2.24) is 0 Å². The molecule has 3 aliphatic carbocycles. The number of ether oxygens (including phenoxy) is 2. The van der Waals surface area contributed by atoms with Crippen molar-refractivity contribution in [3.63, 3.8) is 0 Å². The monoisotopic (exact) mass is 386 g/mol. The summed E-state index contributed by atoms with van der Waals surface area (Å²) in [6, 6.07) is 0. The summed E-state index contributed by atoms with van der Waals surface area (Å²) in [6.07, 6.45) is 0.786. The van der Waals surface area contributed by atoms with Gasteiger partial charge in [-0.05, 0) is 25.3 Å². The molecule has 4 aliphatic rings. The van der Waals surface area contributed by atoms with Gasteiger partial charge in [0.25, 0.3) is 0 Å². The number of rotatable bonds is 2. The summed E-state index contributed by atoms with van der Waals surface area (Å²) >= 11 is 0. The van der Waals surface area contributed by atoms with Gasteiger partial charge >= 0.3 is 5.97 Å². The van der Waals surface area contributed by atoms with Gasteiger partial charge in [-0.15, -0.1) is 0 Å². The molecule has 0 saturated heterocycles. The van der Waals surface area contributed by atoms with Crippen LogP contribution in [0.3, 0.4) is 0 Å². The summed E-state index contributed by atoms with van der Waals surface area (Å²) in [6.45, 7) is 3.82. The second kappa shape index (κ2) is 5.42. The number of hydrogen-bond donors (Lipinski definition) is 1. The van der Waals surface area contributed by atoms with Crippen molar-refractivity contribution < 1.29 is 33.4 Å². The van der Waals surface area contributed by atoms with Crippen molar-refractivity contribution in [2.24, 2.45) is 11.3 Å². The number of cyclic esters (lactones) is 1. The van der Waals surface area contributed by atoms with E-state index < -0.39 is 29.0 Å². The average molecular weight is 386 g/mol. The van der Waals surface area contributed by atoms with Gasteiger partial charge in [0.05, 0.1) is 18.1 Å². The maximum absolute atomic E-state index is 13.4. The van der Waals surface area contributed by atoms with Crippen molar-refractivity contribution in [3.8, 4) is 0 Å². The molecule has 1 fully saturated rings. The third kappa shape index (κ3) is 1.84. The lowest BCUT2D eigenvalue weighted by molar-refractivity contribution is -0.128. The molecule has 7 heteroatoms. The van der Waals surface area contributed by atoms with Crippen molar-refractivity contribution >= 4 is 17.5 Å². The van der Waals surface area contributed by atoms with Gasteiger partial charge in [0.15, 0.2) is 5.76 Å². The maximum Gasteiger partial charge on any atom is 0.342 e. The number of methoxy groups -OCH3 is 1. The lowest BCUT2D eigenvalue weighted by Crippen LogP contribution is -2.56. The molecule has 0 amide bonds. The Morgan fingerprint density at radius 3 is 2.75 bits per heavy atom. The van der Waals surface area contributed by atoms with E-state index in [0.717, 1.165) is 0 Å². The smallest absolute Gasteiger partial charge is 0.342 e. The molecule has 5 atom stereocenters. The molecule has 0 unspecified atom stereocenters. The normalized spacial score (nSPS) is 38.9. The Balaban J connectivity index is 1.82. The number of carbonyl (C=O) groups excluding carboxylic acids is 3. The molecule has 0 bridgehead atoms. The second-order valence-electron chi connectivity index (χ2n) is 8.71. The van der Waals surface area contributed by atoms with E-state index in [1.165, 1.54) is 13.4 Å². The Morgan fingerprint density at radius 2 is 2.04 bits per heavy atom. The highest BCUT2D eigenvalue weighted by atomic mass is 16.6. The van der Waals surface area contributed by atoms with E-state index in [1.807, 2.05) is 13.8 Å². The molecule has 1 N–H and O–H groups in total. The van der Waals surface area contributed by atoms with E-state index in [-0.39, 0.29) is 41.8 Å². The number of aliphatic hydroxyl groups is 1. The first-order chi connectivity index (χ1) is 13.2. The van der Waals surface area contributed by atoms with Crippen LogP contribution in [0.25, 0.3) is 0 Å². The van der Waals surface area contributed by atoms with Crippen molar-refractivity contribution in [3.05, 3.63) is 34.3 Å². The predicted molar refractivity (Wildman–Crippen MR) is 95.0 cm³/mol. The third-order valence-electron chi connectivity index (χ3n) is 7.41. The molecule has 1 aliphatic heterocycles. The summed E-state index contributed by atoms with van der Waals surface area (Å²) in [5.74, 6) is -0.970. The van der Waals surface area contributed by atoms with Crippen LogP contribution in [0.1, 0.15) is 59.6 Å². The first-order valence-corrected chi connectivity index (χ1v) is 9.57. The molecule has 7 nitrogen and oxygen atoms in total. The van der Waals surface area contributed by atoms with Crippen LogP contribution in [0.15, 0.2) is 21.8 Å². The minimum absolute atomic E-state index is 0.0792. The van der Waals surface area contributed by atoms with Crippen LogP contribution in [-0.2, 0) is 19.7 Å². The van der Waals surface area contributed by atoms with Crippen LogP contribution >= 0.6 is 0 Å². The fraction of sp³-hybridized carbons (Fsp3) is 0.571. The number of Topliss-reactive ketones (excluding diaryl/α,β-unsaturated/α-hetero) is 2. The largest absolute Gasteiger partial charge is 0.460 e. The van der Waals surface area contributed by atoms with Crippen LogP contribution in [0.2, 0.25) is 0 Å². The van der Waals surface area contributed by atoms with Crippen LogP contribution in [0.5, 0.6) is 0 Å². The summed E-state index contributed by atoms with van der Waals surface area (Å²) in [5.41, 5.74) is -0.00741. The topological polar surface area (TPSA) is 103 Å². The number of fused-ring (bicyclic) bond motifs is 3. The van der Waals surface area contributed by atoms with Gasteiger partial charge in [0.2, 0.25) is 5.78 Å². The number of carbonyl (C=O) groups is 3. The van der Waals surface area contributed by atoms with Gasteiger partial charge in [-0.25, -0.2) is 4.79 Å². The highest BCUT2D eigenvalue weighted by Gasteiger charge is 2.63. The van der Waals surface area contributed by atoms with E-state index >= 15 is 0 Å². The SMILES string of the molecule is COC[C@@H]1OC(=O)c2coc3c2[C@]1(C)C1=C(C3=O)[C@@H]2CCC(=O)[C@@]2(C)C[C@H]1O. The Kier molecular flexibility index (Phi) is 3.45. The quantitative estimate of drug-likeness (QED) is 0.775. The van der Waals surface area contributed by atoms with E-state index in [1.54, 1.807) is 0 Å². The number of allylic oxidation sites excluding steroid dienone is 1. The molecule has 0 aromatic carbocycles. The maximum atomic E-state index is 13.4. The van der Waals surface area contributed by atoms with Crippen molar-refractivity contribution in [2.45, 2.75) is 50.7 Å². The summed E-state index contributed by atoms with van der Waals surface area (Å²) in [4.78, 5) is 38.5. The standard InChI is InChI=1S/C21H22O7/c1-20-6-11(22)16-14(10(20)4-5-12(20)23)17(24)18-15-9(7-27-18)19(25)28-13(8-26-3)21(15,16)2/h7,10-11,13,22H,4-6,8H2,1-3H3/t10-,11+,13-,20-,21+/m0/s1. The zero-order valence-corrected chi connectivity index (χ0v) is 16.0. The van der Waals surface area contributed by atoms with Gasteiger partial charge in [-0.3, -0.25) is 9.59 Å². The van der Waals surface area contributed by atoms with E-state index in [9.17, 15) is 19.5 Å². The number of esters is 1. The number of aliphatic hydroxyl groups excluding tert-OH is 1. The number of furan rings is 1. The molecule has 0 radical (unpaired) electrons. The lowest BCUT2D eigenvalue weighted by atomic mass is 9.54. The molecule has 1 saturated carbocycles. The lowest BCUT2D eigenvalue weighted by Gasteiger charge is -2.51. The van der Waals surface area contributed by atoms with Crippen LogP contribution in [-0.4, -0.2) is 48.6 Å². The molecule has 2 heterocycles. The molecule has 28 heavy (non-hydrogen) atoms. The highest BCUT2D eigenvalue weighted by molar-refractivity contribution is 6.14. The highest BCUT2D eigenvalue weighted by Crippen LogP contribution is 2.60. The summed E-state index contributed by atoms with van der Waals surface area (Å²) in [5, 5.41) is 11.2. The zero-order valence-electron chi connectivity index (χ0n) is 16.0. The van der Waals surface area contributed by atoms with Gasteiger partial charge in [0, 0.05) is 36.0 Å². The zero-order chi connectivity index (χ0) is 20.0. The Morgan fingerprint density at radius 1 is 1.29 bits per heavy atom. The van der Waals surface area contributed by atoms with Crippen LogP contribution in [0, 0.1) is 11.3 Å². The van der Waals surface area contributed by atoms with E-state index in [0.29, 0.717) is 29.6 Å². The molecule has 1 aromatic rings. The van der Waals surface area contributed by atoms with Crippen molar-refractivity contribution in [1.29, 1.82) is 0 Å².